The summed E-state index contributed by atoms with van der Waals surface area (Å²) in [7, 11) is 1.74. The summed E-state index contributed by atoms with van der Waals surface area (Å²) >= 11 is 0. The summed E-state index contributed by atoms with van der Waals surface area (Å²) in [6.45, 7) is 20.7. The molecule has 6 nitrogen and oxygen atoms in total. The standard InChI is InChI=1S/C48H50N2O4/c1-28-21-36(22-29(2)42(28)47(5,6)7)41(32-15-13-12-14-16-32)37-23-30(3)43(31(4)24-37)49(11)44(52)39-25-33(17-18-35(39)27-51)34-19-20-38-40(26-34)46(54)50(45(38)53)48(8,9)10/h12-27,41H,1-11H3. The number of carbonyl (C=O) groups excluding carboxylic acids is 4. The molecule has 0 saturated heterocycles. The molecule has 3 amide bonds. The lowest BCUT2D eigenvalue weighted by atomic mass is 9.77. The highest BCUT2D eigenvalue weighted by atomic mass is 16.2. The van der Waals surface area contributed by atoms with Crippen LogP contribution in [0.15, 0.2) is 91.0 Å². The van der Waals surface area contributed by atoms with Crippen molar-refractivity contribution in [1.29, 1.82) is 0 Å². The molecule has 6 rings (SSSR count). The van der Waals surface area contributed by atoms with Crippen LogP contribution in [0, 0.1) is 27.7 Å². The summed E-state index contributed by atoms with van der Waals surface area (Å²) in [4.78, 5) is 56.0. The average Bonchev–Trinajstić information content (AvgIpc) is 3.35. The van der Waals surface area contributed by atoms with Crippen molar-refractivity contribution in [1.82, 2.24) is 4.90 Å². The van der Waals surface area contributed by atoms with Gasteiger partial charge in [-0.15, -0.1) is 0 Å². The van der Waals surface area contributed by atoms with Gasteiger partial charge in [-0.2, -0.15) is 0 Å². The highest BCUT2D eigenvalue weighted by Gasteiger charge is 2.42. The van der Waals surface area contributed by atoms with Gasteiger partial charge in [0, 0.05) is 29.8 Å². The number of aryl methyl sites for hydroxylation is 4. The van der Waals surface area contributed by atoms with Crippen molar-refractivity contribution >= 4 is 29.7 Å². The van der Waals surface area contributed by atoms with E-state index in [0.717, 1.165) is 22.4 Å². The van der Waals surface area contributed by atoms with E-state index >= 15 is 0 Å². The predicted molar refractivity (Wildman–Crippen MR) is 218 cm³/mol. The molecular weight excluding hydrogens is 669 g/mol. The van der Waals surface area contributed by atoms with E-state index in [9.17, 15) is 19.2 Å². The van der Waals surface area contributed by atoms with Crippen LogP contribution < -0.4 is 4.90 Å². The highest BCUT2D eigenvalue weighted by molar-refractivity contribution is 6.22. The second kappa shape index (κ2) is 14.0. The number of imide groups is 1. The van der Waals surface area contributed by atoms with E-state index in [1.54, 1.807) is 48.3 Å². The Bertz CT molecular complexity index is 2290. The molecular formula is C48H50N2O4. The van der Waals surface area contributed by atoms with E-state index in [1.165, 1.54) is 32.7 Å². The average molecular weight is 719 g/mol. The number of rotatable bonds is 7. The molecule has 0 spiro atoms. The van der Waals surface area contributed by atoms with Gasteiger partial charge < -0.3 is 4.90 Å². The maximum Gasteiger partial charge on any atom is 0.262 e. The molecule has 276 valence electrons. The molecule has 0 saturated carbocycles. The zero-order chi connectivity index (χ0) is 39.4. The molecule has 1 heterocycles. The molecule has 0 fully saturated rings. The van der Waals surface area contributed by atoms with Gasteiger partial charge in [0.05, 0.1) is 16.7 Å². The third-order valence-electron chi connectivity index (χ3n) is 10.6. The molecule has 1 aliphatic rings. The fourth-order valence-corrected chi connectivity index (χ4v) is 8.59. The minimum Gasteiger partial charge on any atom is -0.311 e. The van der Waals surface area contributed by atoms with Crippen LogP contribution in [0.3, 0.4) is 0 Å². The fourth-order valence-electron chi connectivity index (χ4n) is 8.59. The number of nitrogens with zero attached hydrogens (tertiary/aromatic N) is 2. The number of hydrogen-bond donors (Lipinski definition) is 0. The molecule has 0 radical (unpaired) electrons. The van der Waals surface area contributed by atoms with Gasteiger partial charge in [0.1, 0.15) is 0 Å². The highest BCUT2D eigenvalue weighted by Crippen LogP contribution is 2.40. The molecule has 1 unspecified atom stereocenters. The first-order valence-corrected chi connectivity index (χ1v) is 18.5. The van der Waals surface area contributed by atoms with Gasteiger partial charge in [-0.1, -0.05) is 93.6 Å². The molecule has 0 N–H and O–H groups in total. The van der Waals surface area contributed by atoms with E-state index in [0.29, 0.717) is 28.5 Å². The quantitative estimate of drug-likeness (QED) is 0.0954. The first kappa shape index (κ1) is 38.1. The van der Waals surface area contributed by atoms with Gasteiger partial charge >= 0.3 is 0 Å². The monoisotopic (exact) mass is 718 g/mol. The number of anilines is 1. The van der Waals surface area contributed by atoms with Crippen molar-refractivity contribution in [2.75, 3.05) is 11.9 Å². The van der Waals surface area contributed by atoms with E-state index in [2.05, 4.69) is 83.1 Å². The Morgan fingerprint density at radius 3 is 1.70 bits per heavy atom. The molecule has 0 aromatic heterocycles. The van der Waals surface area contributed by atoms with E-state index in [1.807, 2.05) is 40.7 Å². The summed E-state index contributed by atoms with van der Waals surface area (Å²) in [5, 5.41) is 0. The number of fused-ring (bicyclic) bond motifs is 1. The van der Waals surface area contributed by atoms with Gasteiger partial charge in [0.15, 0.2) is 6.29 Å². The largest absolute Gasteiger partial charge is 0.311 e. The summed E-state index contributed by atoms with van der Waals surface area (Å²) in [5.41, 5.74) is 12.0. The number of hydrogen-bond acceptors (Lipinski definition) is 4. The van der Waals surface area contributed by atoms with Crippen LogP contribution in [-0.4, -0.2) is 41.5 Å². The molecule has 0 bridgehead atoms. The molecule has 5 aromatic carbocycles. The van der Waals surface area contributed by atoms with Crippen molar-refractivity contribution in [2.45, 2.75) is 86.1 Å². The first-order valence-electron chi connectivity index (χ1n) is 18.5. The van der Waals surface area contributed by atoms with Crippen molar-refractivity contribution in [3.05, 3.63) is 158 Å². The Labute approximate surface area is 319 Å². The van der Waals surface area contributed by atoms with Gasteiger partial charge in [-0.3, -0.25) is 24.1 Å². The Kier molecular flexibility index (Phi) is 9.87. The van der Waals surface area contributed by atoms with Crippen LogP contribution in [0.2, 0.25) is 0 Å². The molecule has 0 aliphatic carbocycles. The summed E-state index contributed by atoms with van der Waals surface area (Å²) in [6, 6.07) is 29.8. The van der Waals surface area contributed by atoms with E-state index < -0.39 is 5.54 Å². The normalized spacial score (nSPS) is 13.6. The van der Waals surface area contributed by atoms with E-state index in [4.69, 9.17) is 0 Å². The van der Waals surface area contributed by atoms with Crippen LogP contribution in [0.4, 0.5) is 5.69 Å². The predicted octanol–water partition coefficient (Wildman–Crippen LogP) is 10.5. The van der Waals surface area contributed by atoms with Crippen LogP contribution in [-0.2, 0) is 5.41 Å². The fraction of sp³-hybridized carbons (Fsp3) is 0.292. The summed E-state index contributed by atoms with van der Waals surface area (Å²) < 4.78 is 0. The van der Waals surface area contributed by atoms with Gasteiger partial charge in [0.2, 0.25) is 0 Å². The smallest absolute Gasteiger partial charge is 0.262 e. The van der Waals surface area contributed by atoms with Crippen molar-refractivity contribution in [2.24, 2.45) is 0 Å². The zero-order valence-corrected chi connectivity index (χ0v) is 33.3. The summed E-state index contributed by atoms with van der Waals surface area (Å²) in [5.74, 6) is -1.01. The van der Waals surface area contributed by atoms with Crippen molar-refractivity contribution in [3.63, 3.8) is 0 Å². The lowest BCUT2D eigenvalue weighted by molar-refractivity contribution is 0.0507. The molecule has 1 aliphatic heterocycles. The number of aldehydes is 1. The number of amides is 3. The molecule has 54 heavy (non-hydrogen) atoms. The van der Waals surface area contributed by atoms with Crippen LogP contribution >= 0.6 is 0 Å². The second-order valence-electron chi connectivity index (χ2n) is 16.8. The Morgan fingerprint density at radius 1 is 0.648 bits per heavy atom. The van der Waals surface area contributed by atoms with Gasteiger partial charge in [-0.25, -0.2) is 0 Å². The SMILES string of the molecule is Cc1cc(C(c2ccccc2)c2cc(C)c(C(C)(C)C)c(C)c2)cc(C)c1N(C)C(=O)c1cc(-c2ccc3c(c2)C(=O)N(C(C)(C)C)C3=O)ccc1C=O. The molecule has 5 aromatic rings. The topological polar surface area (TPSA) is 74.8 Å². The summed E-state index contributed by atoms with van der Waals surface area (Å²) in [6.07, 6.45) is 0.694. The third-order valence-corrected chi connectivity index (χ3v) is 10.6. The minimum atomic E-state index is -0.671. The van der Waals surface area contributed by atoms with E-state index in [-0.39, 0.29) is 40.2 Å². The lowest BCUT2D eigenvalue weighted by Gasteiger charge is -2.29. The number of benzene rings is 5. The van der Waals surface area contributed by atoms with Crippen LogP contribution in [0.1, 0.15) is 133 Å². The van der Waals surface area contributed by atoms with Crippen LogP contribution in [0.25, 0.3) is 11.1 Å². The number of carbonyl (C=O) groups is 4. The van der Waals surface area contributed by atoms with Crippen LogP contribution in [0.5, 0.6) is 0 Å². The first-order chi connectivity index (χ1) is 25.3. The molecule has 6 heteroatoms. The zero-order valence-electron chi connectivity index (χ0n) is 33.3. The van der Waals surface area contributed by atoms with Crippen molar-refractivity contribution < 1.29 is 19.2 Å². The Balaban J connectivity index is 1.38. The third kappa shape index (κ3) is 6.82. The Morgan fingerprint density at radius 2 is 1.17 bits per heavy atom. The van der Waals surface area contributed by atoms with Gasteiger partial charge in [0.25, 0.3) is 17.7 Å². The minimum absolute atomic E-state index is 0.0200. The maximum atomic E-state index is 14.4. The van der Waals surface area contributed by atoms with Crippen molar-refractivity contribution in [3.8, 4) is 11.1 Å². The molecule has 1 atom stereocenters. The Hall–Kier alpha value is -5.62. The lowest BCUT2D eigenvalue weighted by Crippen LogP contribution is -2.45. The second-order valence-corrected chi connectivity index (χ2v) is 16.8. The maximum absolute atomic E-state index is 14.4. The van der Waals surface area contributed by atoms with Gasteiger partial charge in [-0.05, 0) is 128 Å².